The second-order valence-electron chi connectivity index (χ2n) is 4.43. The van der Waals surface area contributed by atoms with Crippen molar-refractivity contribution in [2.45, 2.75) is 6.54 Å². The molecule has 0 fully saturated rings. The first-order valence-electron chi connectivity index (χ1n) is 6.70. The number of hydrogen-bond acceptors (Lipinski definition) is 3. The second-order valence-corrected chi connectivity index (χ2v) is 4.43. The maximum absolute atomic E-state index is 13.2. The Labute approximate surface area is 118 Å². The Hall–Kier alpha value is -1.43. The zero-order valence-corrected chi connectivity index (χ0v) is 11.7. The topological polar surface area (TPSA) is 32.6 Å². The lowest BCUT2D eigenvalue weighted by molar-refractivity contribution is 0.0232. The molecule has 1 aromatic heterocycles. The Morgan fingerprint density at radius 3 is 2.55 bits per heavy atom. The van der Waals surface area contributed by atoms with Crippen LogP contribution in [0.15, 0.2) is 30.5 Å². The summed E-state index contributed by atoms with van der Waals surface area (Å²) in [5, 5.41) is 1.04. The van der Waals surface area contributed by atoms with E-state index < -0.39 is 0 Å². The van der Waals surface area contributed by atoms with E-state index in [2.05, 4.69) is 0 Å². The Morgan fingerprint density at radius 1 is 1.00 bits per heavy atom. The molecule has 0 aliphatic heterocycles. The van der Waals surface area contributed by atoms with Gasteiger partial charge >= 0.3 is 0 Å². The number of benzene rings is 1. The van der Waals surface area contributed by atoms with E-state index in [9.17, 15) is 4.39 Å². The number of fused-ring (bicyclic) bond motifs is 1. The molecule has 0 radical (unpaired) electrons. The van der Waals surface area contributed by atoms with Gasteiger partial charge in [0, 0.05) is 19.9 Å². The van der Waals surface area contributed by atoms with E-state index in [1.54, 1.807) is 19.2 Å². The lowest BCUT2D eigenvalue weighted by Gasteiger charge is -2.07. The molecule has 0 atom stereocenters. The smallest absolute Gasteiger partial charge is 0.125 e. The minimum atomic E-state index is -0.218. The lowest BCUT2D eigenvalue weighted by atomic mass is 10.2. The highest BCUT2D eigenvalue weighted by Crippen LogP contribution is 2.16. The summed E-state index contributed by atoms with van der Waals surface area (Å²) in [7, 11) is 1.64. The van der Waals surface area contributed by atoms with Gasteiger partial charge in [-0.05, 0) is 29.7 Å². The highest BCUT2D eigenvalue weighted by molar-refractivity contribution is 5.80. The van der Waals surface area contributed by atoms with E-state index in [1.165, 1.54) is 6.07 Å². The minimum Gasteiger partial charge on any atom is -0.382 e. The zero-order chi connectivity index (χ0) is 14.2. The molecule has 0 saturated heterocycles. The van der Waals surface area contributed by atoms with Gasteiger partial charge in [0.05, 0.1) is 38.6 Å². The van der Waals surface area contributed by atoms with Crippen LogP contribution in [0.1, 0.15) is 0 Å². The van der Waals surface area contributed by atoms with Crippen LogP contribution in [0, 0.1) is 5.82 Å². The van der Waals surface area contributed by atoms with E-state index >= 15 is 0 Å². The predicted octanol–water partition coefficient (Wildman–Crippen LogP) is 2.46. The average molecular weight is 281 g/mol. The van der Waals surface area contributed by atoms with Gasteiger partial charge in [-0.3, -0.25) is 0 Å². The zero-order valence-electron chi connectivity index (χ0n) is 11.7. The Balaban J connectivity index is 1.69. The van der Waals surface area contributed by atoms with Crippen LogP contribution in [0.5, 0.6) is 0 Å². The van der Waals surface area contributed by atoms with Gasteiger partial charge in [-0.25, -0.2) is 4.39 Å². The van der Waals surface area contributed by atoms with Gasteiger partial charge in [0.15, 0.2) is 0 Å². The minimum absolute atomic E-state index is 0.218. The Kier molecular flexibility index (Phi) is 5.98. The highest BCUT2D eigenvalue weighted by Gasteiger charge is 2.02. The molecule has 110 valence electrons. The molecule has 4 nitrogen and oxygen atoms in total. The van der Waals surface area contributed by atoms with Crippen molar-refractivity contribution in [1.29, 1.82) is 0 Å². The summed E-state index contributed by atoms with van der Waals surface area (Å²) in [5.41, 5.74) is 0.893. The summed E-state index contributed by atoms with van der Waals surface area (Å²) < 4.78 is 30.8. The van der Waals surface area contributed by atoms with Crippen molar-refractivity contribution in [3.8, 4) is 0 Å². The van der Waals surface area contributed by atoms with E-state index in [4.69, 9.17) is 14.2 Å². The van der Waals surface area contributed by atoms with Crippen LogP contribution in [-0.4, -0.2) is 44.7 Å². The van der Waals surface area contributed by atoms with Crippen LogP contribution < -0.4 is 0 Å². The molecule has 0 amide bonds. The third-order valence-electron chi connectivity index (χ3n) is 3.02. The van der Waals surface area contributed by atoms with Crippen molar-refractivity contribution in [2.24, 2.45) is 0 Å². The lowest BCUT2D eigenvalue weighted by Crippen LogP contribution is -2.11. The number of halogens is 1. The van der Waals surface area contributed by atoms with Crippen molar-refractivity contribution >= 4 is 10.9 Å². The quantitative estimate of drug-likeness (QED) is 0.662. The fourth-order valence-corrected chi connectivity index (χ4v) is 1.98. The van der Waals surface area contributed by atoms with E-state index in [0.29, 0.717) is 39.6 Å². The molecule has 20 heavy (non-hydrogen) atoms. The standard InChI is InChI=1S/C15H20FNO3/c1-18-8-9-20-11-10-19-7-6-17-5-4-13-2-3-14(16)12-15(13)17/h2-5,12H,6-11H2,1H3. The van der Waals surface area contributed by atoms with Crippen LogP contribution in [0.2, 0.25) is 0 Å². The van der Waals surface area contributed by atoms with E-state index in [1.807, 2.05) is 16.8 Å². The molecule has 0 spiro atoms. The van der Waals surface area contributed by atoms with Gasteiger partial charge < -0.3 is 18.8 Å². The monoisotopic (exact) mass is 281 g/mol. The Bertz CT molecular complexity index is 527. The molecular weight excluding hydrogens is 261 g/mol. The van der Waals surface area contributed by atoms with Crippen LogP contribution in [0.4, 0.5) is 4.39 Å². The highest BCUT2D eigenvalue weighted by atomic mass is 19.1. The fourth-order valence-electron chi connectivity index (χ4n) is 1.98. The first kappa shape index (κ1) is 15.0. The summed E-state index contributed by atoms with van der Waals surface area (Å²) in [6.07, 6.45) is 1.95. The molecule has 0 aliphatic rings. The molecule has 0 aliphatic carbocycles. The van der Waals surface area contributed by atoms with Gasteiger partial charge in [-0.1, -0.05) is 0 Å². The van der Waals surface area contributed by atoms with Gasteiger partial charge in [-0.15, -0.1) is 0 Å². The van der Waals surface area contributed by atoms with Crippen molar-refractivity contribution in [1.82, 2.24) is 4.57 Å². The van der Waals surface area contributed by atoms with Crippen LogP contribution in [0.25, 0.3) is 10.9 Å². The summed E-state index contributed by atoms with van der Waals surface area (Å²) in [6.45, 7) is 3.57. The number of aromatic nitrogens is 1. The van der Waals surface area contributed by atoms with Crippen LogP contribution >= 0.6 is 0 Å². The number of rotatable bonds is 9. The van der Waals surface area contributed by atoms with Crippen molar-refractivity contribution < 1.29 is 18.6 Å². The molecule has 2 aromatic rings. The van der Waals surface area contributed by atoms with Crippen molar-refractivity contribution in [3.63, 3.8) is 0 Å². The summed E-state index contributed by atoms with van der Waals surface area (Å²) in [6, 6.07) is 6.78. The molecule has 1 heterocycles. The molecule has 0 bridgehead atoms. The second kappa shape index (κ2) is 7.99. The Morgan fingerprint density at radius 2 is 1.75 bits per heavy atom. The van der Waals surface area contributed by atoms with Crippen LogP contribution in [-0.2, 0) is 20.8 Å². The summed E-state index contributed by atoms with van der Waals surface area (Å²) in [5.74, 6) is -0.218. The van der Waals surface area contributed by atoms with Crippen LogP contribution in [0.3, 0.4) is 0 Å². The molecule has 0 N–H and O–H groups in total. The number of hydrogen-bond donors (Lipinski definition) is 0. The normalized spacial score (nSPS) is 11.3. The van der Waals surface area contributed by atoms with Gasteiger partial charge in [-0.2, -0.15) is 0 Å². The summed E-state index contributed by atoms with van der Waals surface area (Å²) >= 11 is 0. The van der Waals surface area contributed by atoms with Crippen molar-refractivity contribution in [3.05, 3.63) is 36.3 Å². The number of nitrogens with zero attached hydrogens (tertiary/aromatic N) is 1. The first-order valence-corrected chi connectivity index (χ1v) is 6.70. The SMILES string of the molecule is COCCOCCOCCn1ccc2ccc(F)cc21. The predicted molar refractivity (Wildman–Crippen MR) is 75.4 cm³/mol. The van der Waals surface area contributed by atoms with Crippen molar-refractivity contribution in [2.75, 3.05) is 40.1 Å². The summed E-state index contributed by atoms with van der Waals surface area (Å²) in [4.78, 5) is 0. The molecular formula is C15H20FNO3. The third-order valence-corrected chi connectivity index (χ3v) is 3.02. The fraction of sp³-hybridized carbons (Fsp3) is 0.467. The number of ether oxygens (including phenoxy) is 3. The molecule has 2 rings (SSSR count). The van der Waals surface area contributed by atoms with Gasteiger partial charge in [0.1, 0.15) is 5.82 Å². The maximum Gasteiger partial charge on any atom is 0.125 e. The largest absolute Gasteiger partial charge is 0.382 e. The first-order chi connectivity index (χ1) is 9.81. The number of methoxy groups -OCH3 is 1. The van der Waals surface area contributed by atoms with E-state index in [0.717, 1.165) is 10.9 Å². The molecule has 5 heteroatoms. The molecule has 0 saturated carbocycles. The molecule has 1 aromatic carbocycles. The maximum atomic E-state index is 13.2. The third kappa shape index (κ3) is 4.30. The van der Waals surface area contributed by atoms with E-state index in [-0.39, 0.29) is 5.82 Å². The van der Waals surface area contributed by atoms with Gasteiger partial charge in [0.2, 0.25) is 0 Å². The molecule has 0 unspecified atom stereocenters. The van der Waals surface area contributed by atoms with Gasteiger partial charge in [0.25, 0.3) is 0 Å². The average Bonchev–Trinajstić information content (AvgIpc) is 2.84.